The molecule has 0 saturated carbocycles. The van der Waals surface area contributed by atoms with Crippen LogP contribution in [0.25, 0.3) is 0 Å². The van der Waals surface area contributed by atoms with Gasteiger partial charge in [0.2, 0.25) is 41.4 Å². The lowest BCUT2D eigenvalue weighted by atomic mass is 10.0. The lowest BCUT2D eigenvalue weighted by Crippen LogP contribution is -2.60. The lowest BCUT2D eigenvalue weighted by Gasteiger charge is -2.26. The molecule has 55 heavy (non-hydrogen) atoms. The summed E-state index contributed by atoms with van der Waals surface area (Å²) in [6.07, 6.45) is 0.659. The standard InChI is InChI=1S/C33H62N10O12/c1-17(2)13-23(33(54)55)41-31(52)21(9-5-7-11-34)39-25(47)14-37-29(50)24(16-45)42-27(48)18(3)38-30(51)22(10-6-8-12-35)40-32(53)26(19(4)46)43-28(49)20(36)15-44/h17-24,26,44-46H,5-16,34-36H2,1-4H3,(H,37,50)(H,38,51)(H,39,47)(H,40,53)(H,41,52)(H,42,48)(H,43,49)(H,54,55)/t18-,19+,20-,21-,22-,23-,24-,26-/m0/s1. The van der Waals surface area contributed by atoms with Gasteiger partial charge in [-0.15, -0.1) is 0 Å². The molecule has 0 radical (unpaired) electrons. The molecule has 0 aromatic carbocycles. The van der Waals surface area contributed by atoms with Crippen molar-refractivity contribution in [2.75, 3.05) is 32.8 Å². The number of aliphatic hydroxyl groups excluding tert-OH is 3. The van der Waals surface area contributed by atoms with Crippen molar-refractivity contribution in [2.45, 2.75) is 121 Å². The van der Waals surface area contributed by atoms with Crippen molar-refractivity contribution in [1.82, 2.24) is 37.2 Å². The molecule has 0 aliphatic heterocycles. The first-order valence-corrected chi connectivity index (χ1v) is 18.2. The van der Waals surface area contributed by atoms with Crippen molar-refractivity contribution in [3.05, 3.63) is 0 Å². The summed E-state index contributed by atoms with van der Waals surface area (Å²) in [6, 6.07) is -9.47. The fourth-order valence-electron chi connectivity index (χ4n) is 4.90. The first-order valence-electron chi connectivity index (χ1n) is 18.2. The van der Waals surface area contributed by atoms with Gasteiger partial charge in [-0.3, -0.25) is 33.6 Å². The van der Waals surface area contributed by atoms with Crippen LogP contribution in [0.2, 0.25) is 0 Å². The van der Waals surface area contributed by atoms with Crippen molar-refractivity contribution >= 4 is 47.3 Å². The summed E-state index contributed by atoms with van der Waals surface area (Å²) in [5.74, 6) is -7.51. The van der Waals surface area contributed by atoms with E-state index in [0.717, 1.165) is 0 Å². The molecule has 0 aliphatic rings. The first-order chi connectivity index (χ1) is 25.8. The van der Waals surface area contributed by atoms with E-state index in [9.17, 15) is 53.7 Å². The average molecular weight is 791 g/mol. The lowest BCUT2D eigenvalue weighted by molar-refractivity contribution is -0.142. The van der Waals surface area contributed by atoms with Gasteiger partial charge in [-0.05, 0) is 77.8 Å². The summed E-state index contributed by atoms with van der Waals surface area (Å²) >= 11 is 0. The van der Waals surface area contributed by atoms with E-state index >= 15 is 0 Å². The summed E-state index contributed by atoms with van der Waals surface area (Å²) in [5.41, 5.74) is 16.5. The molecular weight excluding hydrogens is 728 g/mol. The summed E-state index contributed by atoms with van der Waals surface area (Å²) in [6.45, 7) is 4.30. The van der Waals surface area contributed by atoms with Crippen molar-refractivity contribution in [3.63, 3.8) is 0 Å². The second-order valence-electron chi connectivity index (χ2n) is 13.5. The molecule has 22 nitrogen and oxygen atoms in total. The fraction of sp³-hybridized carbons (Fsp3) is 0.758. The molecule has 17 N–H and O–H groups in total. The smallest absolute Gasteiger partial charge is 0.326 e. The highest BCUT2D eigenvalue weighted by Crippen LogP contribution is 2.08. The Morgan fingerprint density at radius 2 is 1.09 bits per heavy atom. The Bertz CT molecular complexity index is 1270. The van der Waals surface area contributed by atoms with Crippen LogP contribution in [0.5, 0.6) is 0 Å². The van der Waals surface area contributed by atoms with E-state index in [-0.39, 0.29) is 31.7 Å². The van der Waals surface area contributed by atoms with Crippen LogP contribution >= 0.6 is 0 Å². The minimum absolute atomic E-state index is 0.0388. The number of carbonyl (C=O) groups excluding carboxylic acids is 7. The highest BCUT2D eigenvalue weighted by atomic mass is 16.4. The Labute approximate surface area is 320 Å². The number of rotatable bonds is 28. The van der Waals surface area contributed by atoms with Gasteiger partial charge >= 0.3 is 5.97 Å². The number of nitrogens with one attached hydrogen (secondary N) is 7. The number of hydrogen-bond acceptors (Lipinski definition) is 14. The van der Waals surface area contributed by atoms with Crippen molar-refractivity contribution in [2.24, 2.45) is 23.1 Å². The monoisotopic (exact) mass is 790 g/mol. The third-order valence-corrected chi connectivity index (χ3v) is 8.09. The van der Waals surface area contributed by atoms with E-state index < -0.39 is 115 Å². The van der Waals surface area contributed by atoms with Crippen LogP contribution < -0.4 is 54.4 Å². The third-order valence-electron chi connectivity index (χ3n) is 8.09. The number of amides is 7. The molecule has 0 spiro atoms. The predicted molar refractivity (Wildman–Crippen MR) is 197 cm³/mol. The number of carbonyl (C=O) groups is 8. The van der Waals surface area contributed by atoms with Crippen LogP contribution in [0.3, 0.4) is 0 Å². The van der Waals surface area contributed by atoms with Gasteiger partial charge in [0.15, 0.2) is 0 Å². The number of aliphatic carboxylic acids is 1. The number of aliphatic hydroxyl groups is 3. The number of carboxylic acid groups (broad SMARTS) is 1. The Balaban J connectivity index is 5.52. The Kier molecular flexibility index (Phi) is 24.9. The van der Waals surface area contributed by atoms with Gasteiger partial charge in [-0.25, -0.2) is 4.79 Å². The van der Waals surface area contributed by atoms with E-state index in [1.54, 1.807) is 13.8 Å². The SMILES string of the molecule is CC(C)C[C@H](NC(=O)[C@H](CCCCN)NC(=O)CNC(=O)[C@H](CO)NC(=O)[C@H](C)NC(=O)[C@H](CCCCN)NC(=O)[C@@H](NC(=O)[C@@H](N)CO)[C@@H](C)O)C(=O)O. The van der Waals surface area contributed by atoms with Crippen LogP contribution in [0, 0.1) is 5.92 Å². The van der Waals surface area contributed by atoms with E-state index in [0.29, 0.717) is 32.2 Å². The normalized spacial score (nSPS) is 15.5. The van der Waals surface area contributed by atoms with Crippen molar-refractivity contribution < 1.29 is 58.8 Å². The first kappa shape index (κ1) is 50.5. The van der Waals surface area contributed by atoms with Gasteiger partial charge in [-0.1, -0.05) is 13.8 Å². The second kappa shape index (κ2) is 27.2. The third kappa shape index (κ3) is 20.1. The Hall–Kier alpha value is -4.48. The van der Waals surface area contributed by atoms with Gasteiger partial charge in [0.1, 0.15) is 42.3 Å². The summed E-state index contributed by atoms with van der Waals surface area (Å²) in [7, 11) is 0. The maximum Gasteiger partial charge on any atom is 0.326 e. The molecule has 0 aromatic rings. The molecule has 8 atom stereocenters. The van der Waals surface area contributed by atoms with E-state index in [4.69, 9.17) is 22.3 Å². The van der Waals surface area contributed by atoms with Crippen LogP contribution in [0.15, 0.2) is 0 Å². The van der Waals surface area contributed by atoms with Crippen LogP contribution in [0.1, 0.15) is 72.6 Å². The average Bonchev–Trinajstić information content (AvgIpc) is 3.12. The van der Waals surface area contributed by atoms with Gasteiger partial charge in [0, 0.05) is 0 Å². The highest BCUT2D eigenvalue weighted by Gasteiger charge is 2.33. The molecule has 0 rings (SSSR count). The molecule has 7 amide bonds. The number of unbranched alkanes of at least 4 members (excludes halogenated alkanes) is 2. The molecule has 0 fully saturated rings. The molecule has 0 aromatic heterocycles. The fourth-order valence-corrected chi connectivity index (χ4v) is 4.90. The zero-order chi connectivity index (χ0) is 42.2. The molecular formula is C33H62N10O12. The van der Waals surface area contributed by atoms with Gasteiger partial charge in [0.05, 0.1) is 25.9 Å². The molecule has 0 bridgehead atoms. The maximum atomic E-state index is 13.2. The van der Waals surface area contributed by atoms with E-state index in [1.807, 2.05) is 0 Å². The van der Waals surface area contributed by atoms with Gasteiger partial charge < -0.3 is 74.8 Å². The molecule has 0 saturated heterocycles. The molecule has 0 heterocycles. The topological polar surface area (TPSA) is 380 Å². The van der Waals surface area contributed by atoms with Crippen LogP contribution in [-0.2, 0) is 38.4 Å². The van der Waals surface area contributed by atoms with E-state index in [2.05, 4.69) is 37.2 Å². The van der Waals surface area contributed by atoms with Crippen molar-refractivity contribution in [1.29, 1.82) is 0 Å². The highest BCUT2D eigenvalue weighted by molar-refractivity contribution is 5.97. The quantitative estimate of drug-likeness (QED) is 0.0328. The van der Waals surface area contributed by atoms with Gasteiger partial charge in [-0.2, -0.15) is 0 Å². The number of hydrogen-bond donors (Lipinski definition) is 14. The summed E-state index contributed by atoms with van der Waals surface area (Å²) in [5, 5.41) is 54.9. The molecule has 316 valence electrons. The largest absolute Gasteiger partial charge is 0.480 e. The zero-order valence-corrected chi connectivity index (χ0v) is 32.0. The summed E-state index contributed by atoms with van der Waals surface area (Å²) in [4.78, 5) is 101. The minimum atomic E-state index is -1.59. The van der Waals surface area contributed by atoms with Gasteiger partial charge in [0.25, 0.3) is 0 Å². The minimum Gasteiger partial charge on any atom is -0.480 e. The van der Waals surface area contributed by atoms with Crippen molar-refractivity contribution in [3.8, 4) is 0 Å². The Morgan fingerprint density at radius 3 is 1.56 bits per heavy atom. The Morgan fingerprint density at radius 1 is 0.582 bits per heavy atom. The summed E-state index contributed by atoms with van der Waals surface area (Å²) < 4.78 is 0. The zero-order valence-electron chi connectivity index (χ0n) is 32.0. The number of nitrogens with two attached hydrogens (primary N) is 3. The molecule has 22 heteroatoms. The van der Waals surface area contributed by atoms with Crippen LogP contribution in [0.4, 0.5) is 0 Å². The molecule has 0 aliphatic carbocycles. The van der Waals surface area contributed by atoms with E-state index in [1.165, 1.54) is 13.8 Å². The number of carboxylic acids is 1. The predicted octanol–water partition coefficient (Wildman–Crippen LogP) is -5.89. The second-order valence-corrected chi connectivity index (χ2v) is 13.5. The molecule has 0 unspecified atom stereocenters. The maximum absolute atomic E-state index is 13.2. The van der Waals surface area contributed by atoms with Crippen LogP contribution in [-0.4, -0.2) is 149 Å².